The molecule has 4 aromatic rings. The Labute approximate surface area is 275 Å². The highest BCUT2D eigenvalue weighted by molar-refractivity contribution is 7.22. The zero-order chi connectivity index (χ0) is 34.0. The van der Waals surface area contributed by atoms with Crippen LogP contribution in [0.2, 0.25) is 0 Å². The van der Waals surface area contributed by atoms with Gasteiger partial charge in [0.25, 0.3) is 0 Å². The van der Waals surface area contributed by atoms with E-state index in [1.807, 2.05) is 0 Å². The van der Waals surface area contributed by atoms with Gasteiger partial charge in [-0.25, -0.2) is 13.8 Å². The Morgan fingerprint density at radius 2 is 1.92 bits per heavy atom. The summed E-state index contributed by atoms with van der Waals surface area (Å²) in [4.78, 5) is 30.8. The van der Waals surface area contributed by atoms with Crippen molar-refractivity contribution in [2.75, 3.05) is 63.6 Å². The SMILES string of the molecule is C=CC(=O)N1CCN(c2nc(OCC34CCCN3CC(OC)C4)nc3c(F)c(-c4ccc(F)c5sc(N)nc45)c(C(F)(F)F)cc23)CC1. The molecule has 0 aliphatic carbocycles. The number of nitrogen functional groups attached to an aromatic ring is 1. The molecule has 3 fully saturated rings. The molecule has 254 valence electrons. The summed E-state index contributed by atoms with van der Waals surface area (Å²) in [6, 6.07) is 2.64. The monoisotopic (exact) mass is 689 g/mol. The van der Waals surface area contributed by atoms with Gasteiger partial charge in [0.05, 0.1) is 27.4 Å². The molecule has 10 nitrogen and oxygen atoms in total. The van der Waals surface area contributed by atoms with Crippen molar-refractivity contribution >= 4 is 49.3 Å². The number of piperazine rings is 1. The number of carbonyl (C=O) groups excluding carboxylic acids is 1. The first kappa shape index (κ1) is 32.4. The van der Waals surface area contributed by atoms with Crippen LogP contribution in [-0.2, 0) is 15.7 Å². The zero-order valence-electron chi connectivity index (χ0n) is 25.9. The van der Waals surface area contributed by atoms with Crippen LogP contribution >= 0.6 is 11.3 Å². The van der Waals surface area contributed by atoms with Crippen LogP contribution in [-0.4, -0.2) is 95.3 Å². The van der Waals surface area contributed by atoms with Gasteiger partial charge in [-0.1, -0.05) is 17.9 Å². The van der Waals surface area contributed by atoms with E-state index in [1.165, 1.54) is 6.08 Å². The van der Waals surface area contributed by atoms with E-state index in [9.17, 15) is 22.4 Å². The highest BCUT2D eigenvalue weighted by atomic mass is 32.1. The molecule has 7 rings (SSSR count). The molecule has 2 aromatic carbocycles. The fraction of sp³-hybridized carbons (Fsp3) is 0.438. The number of thiazole rings is 1. The Balaban J connectivity index is 1.39. The number of alkyl halides is 3. The maximum absolute atomic E-state index is 16.9. The highest BCUT2D eigenvalue weighted by Crippen LogP contribution is 2.46. The number of ether oxygens (including phenoxy) is 2. The molecule has 48 heavy (non-hydrogen) atoms. The van der Waals surface area contributed by atoms with Gasteiger partial charge in [-0.05, 0) is 50.1 Å². The van der Waals surface area contributed by atoms with Gasteiger partial charge in [-0.3, -0.25) is 9.69 Å². The minimum Gasteiger partial charge on any atom is -0.461 e. The molecule has 0 radical (unpaired) electrons. The lowest BCUT2D eigenvalue weighted by molar-refractivity contribution is -0.137. The highest BCUT2D eigenvalue weighted by Gasteiger charge is 2.49. The molecule has 2 N–H and O–H groups in total. The fourth-order valence-corrected chi connectivity index (χ4v) is 8.03. The second-order valence-corrected chi connectivity index (χ2v) is 13.3. The maximum atomic E-state index is 16.9. The molecular formula is C32H32F5N7O3S. The molecule has 3 aliphatic rings. The van der Waals surface area contributed by atoms with Crippen LogP contribution < -0.4 is 15.4 Å². The second-order valence-electron chi connectivity index (χ2n) is 12.3. The number of methoxy groups -OCH3 is 1. The van der Waals surface area contributed by atoms with Crippen molar-refractivity contribution in [2.24, 2.45) is 0 Å². The number of hydrogen-bond acceptors (Lipinski definition) is 10. The Bertz CT molecular complexity index is 1930. The first-order valence-electron chi connectivity index (χ1n) is 15.5. The first-order valence-corrected chi connectivity index (χ1v) is 16.3. The summed E-state index contributed by atoms with van der Waals surface area (Å²) in [5.41, 5.74) is 2.46. The number of benzene rings is 2. The zero-order valence-corrected chi connectivity index (χ0v) is 26.8. The number of amides is 1. The van der Waals surface area contributed by atoms with Crippen LogP contribution in [0, 0.1) is 11.6 Å². The van der Waals surface area contributed by atoms with Crippen molar-refractivity contribution in [3.8, 4) is 17.1 Å². The molecule has 0 bridgehead atoms. The summed E-state index contributed by atoms with van der Waals surface area (Å²) < 4.78 is 87.7. The molecular weight excluding hydrogens is 657 g/mol. The molecule has 2 aromatic heterocycles. The fourth-order valence-electron chi connectivity index (χ4n) is 7.27. The van der Waals surface area contributed by atoms with E-state index < -0.39 is 34.5 Å². The summed E-state index contributed by atoms with van der Waals surface area (Å²) >= 11 is 0.754. The minimum absolute atomic E-state index is 0.0182. The maximum Gasteiger partial charge on any atom is 0.417 e. The summed E-state index contributed by atoms with van der Waals surface area (Å²) in [5.74, 6) is -2.26. The number of carbonyl (C=O) groups is 1. The number of aromatic nitrogens is 3. The number of hydrogen-bond donors (Lipinski definition) is 1. The molecule has 2 atom stereocenters. The predicted molar refractivity (Wildman–Crippen MR) is 171 cm³/mol. The van der Waals surface area contributed by atoms with Crippen molar-refractivity contribution in [3.63, 3.8) is 0 Å². The van der Waals surface area contributed by atoms with Gasteiger partial charge in [-0.2, -0.15) is 23.1 Å². The number of rotatable bonds is 7. The van der Waals surface area contributed by atoms with Gasteiger partial charge in [0.15, 0.2) is 10.9 Å². The van der Waals surface area contributed by atoms with E-state index in [0.29, 0.717) is 6.42 Å². The van der Waals surface area contributed by atoms with Crippen LogP contribution in [0.3, 0.4) is 0 Å². The van der Waals surface area contributed by atoms with E-state index in [0.717, 1.165) is 55.5 Å². The predicted octanol–water partition coefficient (Wildman–Crippen LogP) is 5.25. The smallest absolute Gasteiger partial charge is 0.417 e. The largest absolute Gasteiger partial charge is 0.461 e. The number of halogens is 5. The van der Waals surface area contributed by atoms with E-state index in [1.54, 1.807) is 16.9 Å². The van der Waals surface area contributed by atoms with Gasteiger partial charge in [-0.15, -0.1) is 0 Å². The molecule has 0 spiro atoms. The van der Waals surface area contributed by atoms with Gasteiger partial charge in [0.1, 0.15) is 23.8 Å². The van der Waals surface area contributed by atoms with Gasteiger partial charge < -0.3 is 25.0 Å². The molecule has 16 heteroatoms. The van der Waals surface area contributed by atoms with E-state index in [2.05, 4.69) is 26.4 Å². The van der Waals surface area contributed by atoms with Crippen molar-refractivity contribution in [2.45, 2.75) is 37.1 Å². The van der Waals surface area contributed by atoms with Crippen LogP contribution in [0.25, 0.3) is 32.2 Å². The number of nitrogens with zero attached hydrogens (tertiary/aromatic N) is 6. The van der Waals surface area contributed by atoms with Crippen molar-refractivity contribution in [3.05, 3.63) is 48.1 Å². The average molecular weight is 690 g/mol. The Kier molecular flexibility index (Phi) is 8.15. The van der Waals surface area contributed by atoms with Gasteiger partial charge in [0.2, 0.25) is 5.91 Å². The summed E-state index contributed by atoms with van der Waals surface area (Å²) in [5, 5.41) is -0.264. The number of anilines is 2. The van der Waals surface area contributed by atoms with Crippen LogP contribution in [0.1, 0.15) is 24.8 Å². The summed E-state index contributed by atoms with van der Waals surface area (Å²) in [7, 11) is 1.66. The van der Waals surface area contributed by atoms with E-state index >= 15 is 4.39 Å². The van der Waals surface area contributed by atoms with Crippen molar-refractivity contribution in [1.29, 1.82) is 0 Å². The third-order valence-electron chi connectivity index (χ3n) is 9.62. The van der Waals surface area contributed by atoms with Gasteiger partial charge >= 0.3 is 12.2 Å². The molecule has 2 unspecified atom stereocenters. The Morgan fingerprint density at radius 3 is 2.62 bits per heavy atom. The van der Waals surface area contributed by atoms with E-state index in [4.69, 9.17) is 15.2 Å². The summed E-state index contributed by atoms with van der Waals surface area (Å²) in [6.45, 7) is 6.20. The standard InChI is InChI=1S/C32H32F5N7O3S/c1-3-22(45)42-9-11-43(12-10-42)28-19-13-20(32(35,36)37)23(18-5-6-21(33)27-26(18)39-29(38)48-27)24(34)25(19)40-30(41-28)47-16-31-7-4-8-44(31)15-17(14-31)46-2/h3,5-6,13,17H,1,4,7-12,14-16H2,2H3,(H2,38,39). The van der Waals surface area contributed by atoms with Crippen LogP contribution in [0.5, 0.6) is 6.01 Å². The number of nitrogens with two attached hydrogens (primary N) is 1. The van der Waals surface area contributed by atoms with Crippen LogP contribution in [0.4, 0.5) is 32.9 Å². The third kappa shape index (κ3) is 5.48. The Morgan fingerprint density at radius 1 is 1.15 bits per heavy atom. The summed E-state index contributed by atoms with van der Waals surface area (Å²) in [6.07, 6.45) is -1.29. The lowest BCUT2D eigenvalue weighted by Gasteiger charge is -2.35. The van der Waals surface area contributed by atoms with E-state index in [-0.39, 0.29) is 88.5 Å². The average Bonchev–Trinajstić information content (AvgIpc) is 3.75. The number of fused-ring (bicyclic) bond motifs is 3. The third-order valence-corrected chi connectivity index (χ3v) is 10.5. The molecule has 3 saturated heterocycles. The molecule has 3 aliphatic heterocycles. The second kappa shape index (κ2) is 12.1. The van der Waals surface area contributed by atoms with Crippen molar-refractivity contribution in [1.82, 2.24) is 24.8 Å². The molecule has 1 amide bonds. The van der Waals surface area contributed by atoms with Gasteiger partial charge in [0, 0.05) is 56.3 Å². The lowest BCUT2D eigenvalue weighted by Crippen LogP contribution is -2.48. The van der Waals surface area contributed by atoms with Crippen LogP contribution in [0.15, 0.2) is 30.9 Å². The minimum atomic E-state index is -5.03. The normalized spacial score (nSPS) is 21.8. The Hall–Kier alpha value is -4.15. The quantitative estimate of drug-likeness (QED) is 0.206. The van der Waals surface area contributed by atoms with Crippen molar-refractivity contribution < 1.29 is 36.2 Å². The molecule has 0 saturated carbocycles. The first-order chi connectivity index (χ1) is 22.9. The lowest BCUT2D eigenvalue weighted by atomic mass is 9.94. The molecule has 5 heterocycles. The topological polar surface area (TPSA) is 110 Å².